The van der Waals surface area contributed by atoms with E-state index in [9.17, 15) is 19.5 Å². The van der Waals surface area contributed by atoms with Gasteiger partial charge in [-0.05, 0) is 19.3 Å². The molecule has 0 aromatic heterocycles. The lowest BCUT2D eigenvalue weighted by Crippen LogP contribution is -2.42. The Morgan fingerprint density at radius 3 is 1.23 bits per heavy atom. The highest BCUT2D eigenvalue weighted by Crippen LogP contribution is 2.21. The number of nitrogens with one attached hydrogen (secondary N) is 3. The second-order valence-electron chi connectivity index (χ2n) is 8.57. The standard InChI is InChI=1S/C20H33N3O7/c24-10-20(11-28-17(25)4-1-14-7-21-14,12-29-18(26)5-2-15-8-22-15)13-30-19(27)6-3-16-9-23-16/h14-16,21-24H,1-13H2. The minimum absolute atomic E-state index is 0.185. The molecule has 0 amide bonds. The van der Waals surface area contributed by atoms with Crippen LogP contribution in [0.3, 0.4) is 0 Å². The van der Waals surface area contributed by atoms with E-state index in [2.05, 4.69) is 16.0 Å². The molecule has 170 valence electrons. The van der Waals surface area contributed by atoms with Crippen molar-refractivity contribution < 1.29 is 33.7 Å². The molecule has 3 heterocycles. The summed E-state index contributed by atoms with van der Waals surface area (Å²) < 4.78 is 16.0. The molecule has 0 radical (unpaired) electrons. The molecule has 10 heteroatoms. The molecule has 0 spiro atoms. The van der Waals surface area contributed by atoms with Crippen molar-refractivity contribution in [1.29, 1.82) is 0 Å². The number of esters is 3. The molecular weight excluding hydrogens is 394 g/mol. The zero-order valence-corrected chi connectivity index (χ0v) is 17.3. The molecule has 4 N–H and O–H groups in total. The molecule has 30 heavy (non-hydrogen) atoms. The highest BCUT2D eigenvalue weighted by molar-refractivity contribution is 5.70. The smallest absolute Gasteiger partial charge is 0.305 e. The normalized spacial score (nSPS) is 25.7. The second-order valence-corrected chi connectivity index (χ2v) is 8.57. The molecular formula is C20H33N3O7. The summed E-state index contributed by atoms with van der Waals surface area (Å²) in [7, 11) is 0. The lowest BCUT2D eigenvalue weighted by Gasteiger charge is -2.30. The Balaban J connectivity index is 1.45. The van der Waals surface area contributed by atoms with E-state index in [0.717, 1.165) is 19.6 Å². The van der Waals surface area contributed by atoms with Crippen LogP contribution in [0.2, 0.25) is 0 Å². The van der Waals surface area contributed by atoms with E-state index in [0.29, 0.717) is 37.4 Å². The number of rotatable bonds is 16. The summed E-state index contributed by atoms with van der Waals surface area (Å²) >= 11 is 0. The first-order valence-corrected chi connectivity index (χ1v) is 10.8. The number of ether oxygens (including phenoxy) is 3. The topological polar surface area (TPSA) is 165 Å². The van der Waals surface area contributed by atoms with Gasteiger partial charge in [0, 0.05) is 57.0 Å². The zero-order valence-electron chi connectivity index (χ0n) is 17.3. The molecule has 3 unspecified atom stereocenters. The van der Waals surface area contributed by atoms with Crippen molar-refractivity contribution in [1.82, 2.24) is 16.0 Å². The third kappa shape index (κ3) is 8.95. The quantitative estimate of drug-likeness (QED) is 0.134. The first-order valence-electron chi connectivity index (χ1n) is 10.8. The number of aliphatic hydroxyl groups is 1. The summed E-state index contributed by atoms with van der Waals surface area (Å²) in [6, 6.07) is 1.09. The van der Waals surface area contributed by atoms with Gasteiger partial charge < -0.3 is 35.3 Å². The predicted molar refractivity (Wildman–Crippen MR) is 105 cm³/mol. The lowest BCUT2D eigenvalue weighted by molar-refractivity contribution is -0.165. The number of hydrogen-bond acceptors (Lipinski definition) is 10. The summed E-state index contributed by atoms with van der Waals surface area (Å²) in [6.45, 7) is 1.73. The summed E-state index contributed by atoms with van der Waals surface area (Å²) in [4.78, 5) is 36.1. The first kappa shape index (κ1) is 22.9. The Kier molecular flexibility index (Phi) is 8.43. The third-order valence-electron chi connectivity index (χ3n) is 5.52. The fourth-order valence-corrected chi connectivity index (χ4v) is 2.92. The van der Waals surface area contributed by atoms with E-state index < -0.39 is 29.9 Å². The summed E-state index contributed by atoms with van der Waals surface area (Å²) in [5.74, 6) is -1.17. The van der Waals surface area contributed by atoms with Gasteiger partial charge in [-0.25, -0.2) is 0 Å². The lowest BCUT2D eigenvalue weighted by atomic mass is 9.92. The van der Waals surface area contributed by atoms with Crippen molar-refractivity contribution in [2.24, 2.45) is 5.41 Å². The van der Waals surface area contributed by atoms with Crippen molar-refractivity contribution in [3.05, 3.63) is 0 Å². The van der Waals surface area contributed by atoms with Crippen LogP contribution in [0.4, 0.5) is 0 Å². The van der Waals surface area contributed by atoms with Crippen LogP contribution in [0, 0.1) is 5.41 Å². The summed E-state index contributed by atoms with van der Waals surface area (Å²) in [5, 5.41) is 19.3. The molecule has 3 saturated heterocycles. The van der Waals surface area contributed by atoms with Crippen LogP contribution in [-0.4, -0.2) is 87.2 Å². The Hall–Kier alpha value is -1.75. The van der Waals surface area contributed by atoms with Crippen molar-refractivity contribution >= 4 is 17.9 Å². The van der Waals surface area contributed by atoms with E-state index in [1.54, 1.807) is 0 Å². The summed E-state index contributed by atoms with van der Waals surface area (Å²) in [6.07, 6.45) is 2.88. The van der Waals surface area contributed by atoms with Gasteiger partial charge in [0.05, 0.1) is 12.0 Å². The van der Waals surface area contributed by atoms with Gasteiger partial charge in [0.2, 0.25) is 0 Å². The minimum Gasteiger partial charge on any atom is -0.465 e. The maximum absolute atomic E-state index is 12.0. The molecule has 0 saturated carbocycles. The number of carbonyl (C=O) groups is 3. The Morgan fingerprint density at radius 1 is 0.700 bits per heavy atom. The van der Waals surface area contributed by atoms with Crippen LogP contribution >= 0.6 is 0 Å². The summed E-state index contributed by atoms with van der Waals surface area (Å²) in [5.41, 5.74) is -1.17. The molecule has 3 aliphatic heterocycles. The van der Waals surface area contributed by atoms with Gasteiger partial charge in [0.25, 0.3) is 0 Å². The SMILES string of the molecule is O=C(CCC1CN1)OCC(CO)(COC(=O)CCC1CN1)COC(=O)CCC1CN1. The van der Waals surface area contributed by atoms with Gasteiger partial charge in [-0.15, -0.1) is 0 Å². The van der Waals surface area contributed by atoms with Crippen molar-refractivity contribution in [2.75, 3.05) is 46.1 Å². The monoisotopic (exact) mass is 427 g/mol. The van der Waals surface area contributed by atoms with Crippen LogP contribution in [0.15, 0.2) is 0 Å². The van der Waals surface area contributed by atoms with Crippen molar-refractivity contribution in [2.45, 2.75) is 56.7 Å². The molecule has 3 atom stereocenters. The number of hydrogen-bond donors (Lipinski definition) is 4. The Labute approximate surface area is 176 Å². The zero-order chi connectivity index (χ0) is 21.4. The Bertz CT molecular complexity index is 524. The van der Waals surface area contributed by atoms with Crippen molar-refractivity contribution in [3.8, 4) is 0 Å². The maximum atomic E-state index is 12.0. The van der Waals surface area contributed by atoms with E-state index in [1.165, 1.54) is 0 Å². The number of carbonyl (C=O) groups excluding carboxylic acids is 3. The van der Waals surface area contributed by atoms with E-state index in [-0.39, 0.29) is 39.1 Å². The van der Waals surface area contributed by atoms with Gasteiger partial charge in [0.1, 0.15) is 19.8 Å². The highest BCUT2D eigenvalue weighted by Gasteiger charge is 2.36. The minimum atomic E-state index is -1.17. The number of aliphatic hydroxyl groups excluding tert-OH is 1. The fourth-order valence-electron chi connectivity index (χ4n) is 2.92. The fraction of sp³-hybridized carbons (Fsp3) is 0.850. The maximum Gasteiger partial charge on any atom is 0.305 e. The average molecular weight is 427 g/mol. The largest absolute Gasteiger partial charge is 0.465 e. The van der Waals surface area contributed by atoms with Gasteiger partial charge >= 0.3 is 17.9 Å². The van der Waals surface area contributed by atoms with E-state index in [1.807, 2.05) is 0 Å². The third-order valence-corrected chi connectivity index (χ3v) is 5.52. The Morgan fingerprint density at radius 2 is 1.00 bits per heavy atom. The van der Waals surface area contributed by atoms with Gasteiger partial charge in [-0.1, -0.05) is 0 Å². The molecule has 0 aromatic carbocycles. The molecule has 0 aliphatic carbocycles. The van der Waals surface area contributed by atoms with Crippen LogP contribution in [-0.2, 0) is 28.6 Å². The second kappa shape index (κ2) is 11.0. The molecule has 3 aliphatic rings. The molecule has 10 nitrogen and oxygen atoms in total. The van der Waals surface area contributed by atoms with Crippen LogP contribution < -0.4 is 16.0 Å². The van der Waals surface area contributed by atoms with Crippen molar-refractivity contribution in [3.63, 3.8) is 0 Å². The van der Waals surface area contributed by atoms with Gasteiger partial charge in [-0.3, -0.25) is 14.4 Å². The molecule has 0 bridgehead atoms. The average Bonchev–Trinajstić information content (AvgIpc) is 3.58. The van der Waals surface area contributed by atoms with Crippen LogP contribution in [0.1, 0.15) is 38.5 Å². The van der Waals surface area contributed by atoms with E-state index in [4.69, 9.17) is 14.2 Å². The van der Waals surface area contributed by atoms with Gasteiger partial charge in [0.15, 0.2) is 0 Å². The van der Waals surface area contributed by atoms with Crippen LogP contribution in [0.5, 0.6) is 0 Å². The highest BCUT2D eigenvalue weighted by atomic mass is 16.6. The van der Waals surface area contributed by atoms with E-state index >= 15 is 0 Å². The molecule has 0 aromatic rings. The van der Waals surface area contributed by atoms with Gasteiger partial charge in [-0.2, -0.15) is 0 Å². The van der Waals surface area contributed by atoms with Crippen LogP contribution in [0.25, 0.3) is 0 Å². The first-order chi connectivity index (χ1) is 14.5. The molecule has 3 rings (SSSR count). The predicted octanol–water partition coefficient (Wildman–Crippen LogP) is -1.15. The molecule has 3 fully saturated rings.